The minimum atomic E-state index is -0.249. The van der Waals surface area contributed by atoms with E-state index in [0.717, 1.165) is 10.0 Å². The van der Waals surface area contributed by atoms with E-state index in [4.69, 9.17) is 10.5 Å². The summed E-state index contributed by atoms with van der Waals surface area (Å²) in [4.78, 5) is 0. The first-order valence-electron chi connectivity index (χ1n) is 4.77. The van der Waals surface area contributed by atoms with Crippen LogP contribution in [0.2, 0.25) is 0 Å². The molecule has 0 saturated carbocycles. The maximum atomic E-state index is 13.6. The van der Waals surface area contributed by atoms with Crippen LogP contribution in [-0.4, -0.2) is 13.7 Å². The maximum Gasteiger partial charge on any atom is 0.130 e. The van der Waals surface area contributed by atoms with Crippen molar-refractivity contribution in [3.05, 3.63) is 33.5 Å². The number of nitrogens with two attached hydrogens (primary N) is 1. The quantitative estimate of drug-likeness (QED) is 0.917. The van der Waals surface area contributed by atoms with E-state index in [1.807, 2.05) is 13.0 Å². The third-order valence-corrected chi connectivity index (χ3v) is 3.08. The summed E-state index contributed by atoms with van der Waals surface area (Å²) in [6.45, 7) is 2.75. The molecule has 0 radical (unpaired) electrons. The van der Waals surface area contributed by atoms with Crippen LogP contribution in [0.15, 0.2) is 16.6 Å². The summed E-state index contributed by atoms with van der Waals surface area (Å²) in [7, 11) is 1.54. The highest BCUT2D eigenvalue weighted by molar-refractivity contribution is 9.10. The fraction of sp³-hybridized carbons (Fsp3) is 0.455. The number of hydrogen-bond donors (Lipinski definition) is 1. The molecule has 0 aliphatic heterocycles. The largest absolute Gasteiger partial charge is 0.380 e. The Labute approximate surface area is 97.7 Å². The van der Waals surface area contributed by atoms with Gasteiger partial charge in [-0.15, -0.1) is 0 Å². The van der Waals surface area contributed by atoms with Crippen molar-refractivity contribution in [2.24, 2.45) is 5.73 Å². The van der Waals surface area contributed by atoms with Gasteiger partial charge in [0.1, 0.15) is 5.82 Å². The van der Waals surface area contributed by atoms with Crippen LogP contribution in [0.25, 0.3) is 0 Å². The SMILES string of the molecule is COCc1c(F)cc(C(C)CN)cc1Br. The highest BCUT2D eigenvalue weighted by Crippen LogP contribution is 2.26. The van der Waals surface area contributed by atoms with E-state index >= 15 is 0 Å². The van der Waals surface area contributed by atoms with Crippen molar-refractivity contribution < 1.29 is 9.13 Å². The first-order valence-corrected chi connectivity index (χ1v) is 5.56. The van der Waals surface area contributed by atoms with E-state index in [9.17, 15) is 4.39 Å². The van der Waals surface area contributed by atoms with E-state index in [1.165, 1.54) is 6.07 Å². The highest BCUT2D eigenvalue weighted by Gasteiger charge is 2.12. The molecular formula is C11H15BrFNO. The molecule has 0 aliphatic carbocycles. The zero-order valence-corrected chi connectivity index (χ0v) is 10.5. The molecule has 0 aliphatic rings. The van der Waals surface area contributed by atoms with Crippen molar-refractivity contribution in [1.29, 1.82) is 0 Å². The molecule has 15 heavy (non-hydrogen) atoms. The van der Waals surface area contributed by atoms with Crippen molar-refractivity contribution in [2.45, 2.75) is 19.4 Å². The average molecular weight is 276 g/mol. The predicted molar refractivity (Wildman–Crippen MR) is 62.3 cm³/mol. The summed E-state index contributed by atoms with van der Waals surface area (Å²) in [6, 6.07) is 3.42. The number of halogens is 2. The summed E-state index contributed by atoms with van der Waals surface area (Å²) >= 11 is 3.34. The van der Waals surface area contributed by atoms with Crippen molar-refractivity contribution in [1.82, 2.24) is 0 Å². The van der Waals surface area contributed by atoms with Gasteiger partial charge in [0.2, 0.25) is 0 Å². The van der Waals surface area contributed by atoms with Crippen LogP contribution < -0.4 is 5.73 Å². The molecule has 84 valence electrons. The first-order chi connectivity index (χ1) is 7.10. The van der Waals surface area contributed by atoms with Crippen LogP contribution in [0, 0.1) is 5.82 Å². The Morgan fingerprint density at radius 2 is 2.20 bits per heavy atom. The number of hydrogen-bond acceptors (Lipinski definition) is 2. The second-order valence-electron chi connectivity index (χ2n) is 3.53. The van der Waals surface area contributed by atoms with Crippen LogP contribution in [0.5, 0.6) is 0 Å². The predicted octanol–water partition coefficient (Wildman–Crippen LogP) is 2.80. The van der Waals surface area contributed by atoms with Gasteiger partial charge in [0.25, 0.3) is 0 Å². The zero-order valence-electron chi connectivity index (χ0n) is 8.89. The van der Waals surface area contributed by atoms with Gasteiger partial charge in [0, 0.05) is 17.1 Å². The summed E-state index contributed by atoms with van der Waals surface area (Å²) in [5.74, 6) is -0.0890. The molecule has 0 bridgehead atoms. The van der Waals surface area contributed by atoms with Crippen LogP contribution in [0.4, 0.5) is 4.39 Å². The number of benzene rings is 1. The minimum absolute atomic E-state index is 0.160. The lowest BCUT2D eigenvalue weighted by Crippen LogP contribution is -2.10. The number of methoxy groups -OCH3 is 1. The summed E-state index contributed by atoms with van der Waals surface area (Å²) < 4.78 is 19.3. The van der Waals surface area contributed by atoms with Gasteiger partial charge in [-0.2, -0.15) is 0 Å². The Morgan fingerprint density at radius 1 is 1.53 bits per heavy atom. The van der Waals surface area contributed by atoms with E-state index in [2.05, 4.69) is 15.9 Å². The Balaban J connectivity index is 3.07. The molecule has 0 heterocycles. The fourth-order valence-electron chi connectivity index (χ4n) is 1.33. The average Bonchev–Trinajstić information content (AvgIpc) is 2.22. The lowest BCUT2D eigenvalue weighted by atomic mass is 10.00. The molecule has 0 fully saturated rings. The maximum absolute atomic E-state index is 13.6. The Morgan fingerprint density at radius 3 is 2.67 bits per heavy atom. The summed E-state index contributed by atoms with van der Waals surface area (Å²) in [6.07, 6.45) is 0. The van der Waals surface area contributed by atoms with Crippen molar-refractivity contribution in [3.8, 4) is 0 Å². The minimum Gasteiger partial charge on any atom is -0.380 e. The van der Waals surface area contributed by atoms with Gasteiger partial charge >= 0.3 is 0 Å². The molecule has 0 spiro atoms. The smallest absolute Gasteiger partial charge is 0.130 e. The van der Waals surface area contributed by atoms with Gasteiger partial charge in [-0.25, -0.2) is 4.39 Å². The third-order valence-electron chi connectivity index (χ3n) is 2.37. The molecule has 4 heteroatoms. The molecule has 0 saturated heterocycles. The molecular weight excluding hydrogens is 261 g/mol. The van der Waals surface area contributed by atoms with Crippen molar-refractivity contribution in [3.63, 3.8) is 0 Å². The third kappa shape index (κ3) is 3.00. The second kappa shape index (κ2) is 5.58. The van der Waals surface area contributed by atoms with Crippen molar-refractivity contribution in [2.75, 3.05) is 13.7 Å². The topological polar surface area (TPSA) is 35.2 Å². The molecule has 0 amide bonds. The normalized spacial score (nSPS) is 12.9. The Kier molecular flexibility index (Phi) is 4.70. The van der Waals surface area contributed by atoms with Gasteiger partial charge in [-0.3, -0.25) is 0 Å². The summed E-state index contributed by atoms with van der Waals surface area (Å²) in [5, 5.41) is 0. The second-order valence-corrected chi connectivity index (χ2v) is 4.39. The van der Waals surface area contributed by atoms with Gasteiger partial charge < -0.3 is 10.5 Å². The fourth-order valence-corrected chi connectivity index (χ4v) is 1.89. The molecule has 2 nitrogen and oxygen atoms in total. The molecule has 1 aromatic rings. The molecule has 0 aromatic heterocycles. The monoisotopic (exact) mass is 275 g/mol. The lowest BCUT2D eigenvalue weighted by Gasteiger charge is -2.12. The molecule has 2 N–H and O–H groups in total. The van der Waals surface area contributed by atoms with Crippen LogP contribution in [-0.2, 0) is 11.3 Å². The lowest BCUT2D eigenvalue weighted by molar-refractivity contribution is 0.181. The summed E-state index contributed by atoms with van der Waals surface area (Å²) in [5.41, 5.74) is 6.99. The Bertz CT molecular complexity index is 320. The zero-order chi connectivity index (χ0) is 11.4. The van der Waals surface area contributed by atoms with Gasteiger partial charge in [0.15, 0.2) is 0 Å². The Hall–Kier alpha value is -0.450. The van der Waals surface area contributed by atoms with E-state index < -0.39 is 0 Å². The number of ether oxygens (including phenoxy) is 1. The first kappa shape index (κ1) is 12.6. The van der Waals surface area contributed by atoms with Crippen LogP contribution >= 0.6 is 15.9 Å². The van der Waals surface area contributed by atoms with Crippen LogP contribution in [0.3, 0.4) is 0 Å². The van der Waals surface area contributed by atoms with Gasteiger partial charge in [0.05, 0.1) is 6.61 Å². The van der Waals surface area contributed by atoms with E-state index in [-0.39, 0.29) is 18.3 Å². The van der Waals surface area contributed by atoms with E-state index in [1.54, 1.807) is 7.11 Å². The van der Waals surface area contributed by atoms with Crippen molar-refractivity contribution >= 4 is 15.9 Å². The molecule has 1 atom stereocenters. The standard InChI is InChI=1S/C11H15BrFNO/c1-7(5-14)8-3-10(12)9(6-15-2)11(13)4-8/h3-4,7H,5-6,14H2,1-2H3. The molecule has 1 aromatic carbocycles. The molecule has 1 unspecified atom stereocenters. The van der Waals surface area contributed by atoms with Gasteiger partial charge in [-0.05, 0) is 30.2 Å². The molecule has 1 rings (SSSR count). The van der Waals surface area contributed by atoms with E-state index in [0.29, 0.717) is 12.1 Å². The highest BCUT2D eigenvalue weighted by atomic mass is 79.9. The van der Waals surface area contributed by atoms with Crippen LogP contribution in [0.1, 0.15) is 24.0 Å². The number of rotatable bonds is 4. The van der Waals surface area contributed by atoms with Gasteiger partial charge in [-0.1, -0.05) is 22.9 Å².